The van der Waals surface area contributed by atoms with E-state index in [1.165, 1.54) is 35.6 Å². The Morgan fingerprint density at radius 3 is 2.76 bits per heavy atom. The van der Waals surface area contributed by atoms with Crippen molar-refractivity contribution in [2.75, 3.05) is 18.5 Å². The van der Waals surface area contributed by atoms with Gasteiger partial charge in [0.05, 0.1) is 12.2 Å². The van der Waals surface area contributed by atoms with Gasteiger partial charge in [-0.1, -0.05) is 24.2 Å². The molecule has 1 aliphatic carbocycles. The van der Waals surface area contributed by atoms with E-state index in [9.17, 15) is 14.0 Å². The molecule has 1 fully saturated rings. The van der Waals surface area contributed by atoms with Gasteiger partial charge in [0.25, 0.3) is 5.91 Å². The van der Waals surface area contributed by atoms with E-state index in [1.54, 1.807) is 4.90 Å². The minimum Gasteiger partial charge on any atom is -0.484 e. The molecule has 154 valence electrons. The molecular weight excluding hydrogens is 395 g/mol. The van der Waals surface area contributed by atoms with Gasteiger partial charge in [-0.05, 0) is 37.1 Å². The number of hydrogen-bond acceptors (Lipinski definition) is 5. The highest BCUT2D eigenvalue weighted by Crippen LogP contribution is 2.28. The lowest BCUT2D eigenvalue weighted by atomic mass is 10.2. The number of amides is 3. The summed E-state index contributed by atoms with van der Waals surface area (Å²) in [7, 11) is 0. The normalized spacial score (nSPS) is 16.4. The number of halogens is 1. The quantitative estimate of drug-likeness (QED) is 0.780. The lowest BCUT2D eigenvalue weighted by Crippen LogP contribution is -2.38. The van der Waals surface area contributed by atoms with Gasteiger partial charge in [-0.15, -0.1) is 0 Å². The number of nitrogens with zero attached hydrogens (tertiary/aromatic N) is 2. The molecule has 0 bridgehead atoms. The molecule has 2 aliphatic rings. The van der Waals surface area contributed by atoms with Crippen molar-refractivity contribution in [2.24, 2.45) is 0 Å². The minimum absolute atomic E-state index is 0.103. The number of thiazole rings is 1. The van der Waals surface area contributed by atoms with Crippen LogP contribution in [0.2, 0.25) is 0 Å². The van der Waals surface area contributed by atoms with Crippen molar-refractivity contribution in [3.05, 3.63) is 40.7 Å². The zero-order chi connectivity index (χ0) is 20.2. The molecule has 9 heteroatoms. The van der Waals surface area contributed by atoms with Gasteiger partial charge in [-0.25, -0.2) is 14.2 Å². The van der Waals surface area contributed by atoms with Crippen LogP contribution in [-0.4, -0.2) is 41.0 Å². The van der Waals surface area contributed by atoms with Crippen LogP contribution in [0, 0.1) is 5.82 Å². The Labute approximate surface area is 172 Å². The Hall–Kier alpha value is -2.68. The van der Waals surface area contributed by atoms with Crippen molar-refractivity contribution in [3.8, 4) is 5.75 Å². The third kappa shape index (κ3) is 5.03. The highest BCUT2D eigenvalue weighted by Gasteiger charge is 2.25. The van der Waals surface area contributed by atoms with Crippen LogP contribution in [-0.2, 0) is 17.8 Å². The standard InChI is InChI=1S/C20H23FN4O3S/c21-13-5-7-15(8-6-13)28-12-18(26)25-10-9-16-17(11-25)29-20(23-16)24-19(27)22-14-3-1-2-4-14/h5-8,14H,1-4,9-12H2,(H2,22,23,24,27). The fourth-order valence-electron chi connectivity index (χ4n) is 3.62. The number of carbonyl (C=O) groups excluding carboxylic acids is 2. The number of anilines is 1. The highest BCUT2D eigenvalue weighted by molar-refractivity contribution is 7.15. The molecule has 1 aromatic heterocycles. The first-order chi connectivity index (χ1) is 14.1. The molecule has 3 amide bonds. The lowest BCUT2D eigenvalue weighted by Gasteiger charge is -2.26. The van der Waals surface area contributed by atoms with Gasteiger partial charge in [-0.3, -0.25) is 10.1 Å². The third-order valence-electron chi connectivity index (χ3n) is 5.17. The second-order valence-electron chi connectivity index (χ2n) is 7.28. The molecule has 0 spiro atoms. The number of ether oxygens (including phenoxy) is 1. The zero-order valence-corrected chi connectivity index (χ0v) is 16.8. The van der Waals surface area contributed by atoms with Crippen LogP contribution in [0.3, 0.4) is 0 Å². The molecule has 0 atom stereocenters. The first-order valence-electron chi connectivity index (χ1n) is 9.79. The molecular formula is C20H23FN4O3S. The molecule has 0 saturated heterocycles. The van der Waals surface area contributed by atoms with Crippen LogP contribution < -0.4 is 15.4 Å². The van der Waals surface area contributed by atoms with Gasteiger partial charge in [0.2, 0.25) is 0 Å². The number of rotatable bonds is 5. The molecule has 4 rings (SSSR count). The Bertz CT molecular complexity index is 880. The lowest BCUT2D eigenvalue weighted by molar-refractivity contribution is -0.134. The zero-order valence-electron chi connectivity index (χ0n) is 15.9. The number of hydrogen-bond donors (Lipinski definition) is 2. The minimum atomic E-state index is -0.348. The van der Waals surface area contributed by atoms with Gasteiger partial charge in [-0.2, -0.15) is 0 Å². The van der Waals surface area contributed by atoms with Crippen molar-refractivity contribution in [1.82, 2.24) is 15.2 Å². The summed E-state index contributed by atoms with van der Waals surface area (Å²) >= 11 is 1.40. The number of benzene rings is 1. The SMILES string of the molecule is O=C(Nc1nc2c(s1)CN(C(=O)COc1ccc(F)cc1)CC2)NC1CCCC1. The fraction of sp³-hybridized carbons (Fsp3) is 0.450. The van der Waals surface area contributed by atoms with E-state index in [0.717, 1.165) is 36.3 Å². The Morgan fingerprint density at radius 1 is 1.24 bits per heavy atom. The van der Waals surface area contributed by atoms with E-state index in [0.29, 0.717) is 30.4 Å². The Kier molecular flexibility index (Phi) is 5.94. The molecule has 2 heterocycles. The molecule has 2 N–H and O–H groups in total. The summed E-state index contributed by atoms with van der Waals surface area (Å²) in [6.07, 6.45) is 5.01. The van der Waals surface area contributed by atoms with E-state index >= 15 is 0 Å². The van der Waals surface area contributed by atoms with Crippen LogP contribution in [0.15, 0.2) is 24.3 Å². The van der Waals surface area contributed by atoms with E-state index in [1.807, 2.05) is 0 Å². The predicted molar refractivity (Wildman–Crippen MR) is 108 cm³/mol. The van der Waals surface area contributed by atoms with Gasteiger partial charge in [0, 0.05) is 23.9 Å². The van der Waals surface area contributed by atoms with E-state index in [4.69, 9.17) is 4.74 Å². The molecule has 1 aromatic carbocycles. The van der Waals surface area contributed by atoms with Crippen LogP contribution in [0.5, 0.6) is 5.75 Å². The molecule has 2 aromatic rings. The largest absolute Gasteiger partial charge is 0.484 e. The maximum atomic E-state index is 12.9. The Balaban J connectivity index is 1.29. The van der Waals surface area contributed by atoms with Crippen LogP contribution in [0.25, 0.3) is 0 Å². The summed E-state index contributed by atoms with van der Waals surface area (Å²) in [6, 6.07) is 5.61. The van der Waals surface area contributed by atoms with Crippen molar-refractivity contribution < 1.29 is 18.7 Å². The van der Waals surface area contributed by atoms with Crippen molar-refractivity contribution >= 4 is 28.4 Å². The van der Waals surface area contributed by atoms with E-state index in [2.05, 4.69) is 15.6 Å². The molecule has 0 unspecified atom stereocenters. The summed E-state index contributed by atoms with van der Waals surface area (Å²) in [6.45, 7) is 0.898. The van der Waals surface area contributed by atoms with Gasteiger partial charge in [0.15, 0.2) is 11.7 Å². The van der Waals surface area contributed by atoms with E-state index in [-0.39, 0.29) is 30.4 Å². The predicted octanol–water partition coefficient (Wildman–Crippen LogP) is 3.31. The topological polar surface area (TPSA) is 83.6 Å². The second kappa shape index (κ2) is 8.77. The van der Waals surface area contributed by atoms with Crippen LogP contribution in [0.1, 0.15) is 36.3 Å². The summed E-state index contributed by atoms with van der Waals surface area (Å²) in [5.74, 6) is -0.0318. The second-order valence-corrected chi connectivity index (χ2v) is 8.36. The molecule has 29 heavy (non-hydrogen) atoms. The molecule has 7 nitrogen and oxygen atoms in total. The summed E-state index contributed by atoms with van der Waals surface area (Å²) in [4.78, 5) is 31.8. The average Bonchev–Trinajstić information content (AvgIpc) is 3.35. The van der Waals surface area contributed by atoms with Crippen molar-refractivity contribution in [2.45, 2.75) is 44.7 Å². The third-order valence-corrected chi connectivity index (χ3v) is 6.17. The van der Waals surface area contributed by atoms with Crippen LogP contribution >= 0.6 is 11.3 Å². The van der Waals surface area contributed by atoms with E-state index < -0.39 is 0 Å². The number of aromatic nitrogens is 1. The van der Waals surface area contributed by atoms with Crippen molar-refractivity contribution in [3.63, 3.8) is 0 Å². The highest BCUT2D eigenvalue weighted by atomic mass is 32.1. The van der Waals surface area contributed by atoms with Crippen LogP contribution in [0.4, 0.5) is 14.3 Å². The number of urea groups is 1. The molecule has 1 aliphatic heterocycles. The maximum Gasteiger partial charge on any atom is 0.321 e. The summed E-state index contributed by atoms with van der Waals surface area (Å²) < 4.78 is 18.4. The number of nitrogens with one attached hydrogen (secondary N) is 2. The molecule has 0 radical (unpaired) electrons. The number of carbonyl (C=O) groups is 2. The first kappa shape index (κ1) is 19.6. The monoisotopic (exact) mass is 418 g/mol. The number of fused-ring (bicyclic) bond motifs is 1. The van der Waals surface area contributed by atoms with Crippen molar-refractivity contribution in [1.29, 1.82) is 0 Å². The maximum absolute atomic E-state index is 12.9. The smallest absolute Gasteiger partial charge is 0.321 e. The first-order valence-corrected chi connectivity index (χ1v) is 10.6. The Morgan fingerprint density at radius 2 is 2.00 bits per heavy atom. The fourth-order valence-corrected chi connectivity index (χ4v) is 4.64. The van der Waals surface area contributed by atoms with Gasteiger partial charge >= 0.3 is 6.03 Å². The summed E-state index contributed by atoms with van der Waals surface area (Å²) in [5, 5.41) is 6.36. The average molecular weight is 418 g/mol. The summed E-state index contributed by atoms with van der Waals surface area (Å²) in [5.41, 5.74) is 0.926. The van der Waals surface area contributed by atoms with Gasteiger partial charge in [0.1, 0.15) is 11.6 Å². The molecule has 1 saturated carbocycles. The van der Waals surface area contributed by atoms with Gasteiger partial charge < -0.3 is 15.0 Å².